The average molecular weight is 274 g/mol. The van der Waals surface area contributed by atoms with Crippen LogP contribution in [0.1, 0.15) is 30.2 Å². The second kappa shape index (κ2) is 6.48. The highest BCUT2D eigenvalue weighted by Gasteiger charge is 2.08. The van der Waals surface area contributed by atoms with Crippen LogP contribution in [0.4, 0.5) is 4.39 Å². The van der Waals surface area contributed by atoms with Crippen LogP contribution >= 0.6 is 0 Å². The number of halogens is 1. The van der Waals surface area contributed by atoms with E-state index in [0.29, 0.717) is 12.4 Å². The molecule has 0 aliphatic heterocycles. The summed E-state index contributed by atoms with van der Waals surface area (Å²) in [5.74, 6) is 0.183. The number of nitrogens with zero attached hydrogens (tertiary/aromatic N) is 1. The summed E-state index contributed by atoms with van der Waals surface area (Å²) in [4.78, 5) is 4.39. The molecular weight excluding hydrogens is 255 g/mol. The third kappa shape index (κ3) is 3.54. The largest absolute Gasteiger partial charge is 0.436 e. The van der Waals surface area contributed by atoms with Gasteiger partial charge in [-0.3, -0.25) is 0 Å². The van der Waals surface area contributed by atoms with Gasteiger partial charge in [-0.2, -0.15) is 0 Å². The van der Waals surface area contributed by atoms with Crippen LogP contribution in [-0.2, 0) is 13.0 Å². The van der Waals surface area contributed by atoms with Gasteiger partial charge in [0.1, 0.15) is 0 Å². The van der Waals surface area contributed by atoms with E-state index in [1.165, 1.54) is 6.07 Å². The lowest BCUT2D eigenvalue weighted by molar-refractivity contribution is 0.425. The molecule has 2 rings (SSSR count). The van der Waals surface area contributed by atoms with Crippen molar-refractivity contribution in [2.24, 2.45) is 5.73 Å². The van der Waals surface area contributed by atoms with Crippen molar-refractivity contribution in [3.63, 3.8) is 0 Å². The zero-order valence-electron chi connectivity index (χ0n) is 11.8. The predicted molar refractivity (Wildman–Crippen MR) is 77.3 cm³/mol. The van der Waals surface area contributed by atoms with Crippen molar-refractivity contribution in [2.75, 3.05) is 0 Å². The minimum atomic E-state index is -0.396. The van der Waals surface area contributed by atoms with E-state index in [-0.39, 0.29) is 5.75 Å². The Hall–Kier alpha value is -1.94. The minimum absolute atomic E-state index is 0.189. The van der Waals surface area contributed by atoms with Gasteiger partial charge in [0.2, 0.25) is 5.88 Å². The maximum Gasteiger partial charge on any atom is 0.219 e. The van der Waals surface area contributed by atoms with E-state index in [9.17, 15) is 4.39 Å². The molecule has 0 atom stereocenters. The summed E-state index contributed by atoms with van der Waals surface area (Å²) in [5.41, 5.74) is 8.46. The minimum Gasteiger partial charge on any atom is -0.436 e. The van der Waals surface area contributed by atoms with Crippen molar-refractivity contribution in [2.45, 2.75) is 33.2 Å². The van der Waals surface area contributed by atoms with Crippen LogP contribution < -0.4 is 10.5 Å². The molecule has 0 bridgehead atoms. The molecule has 0 unspecified atom stereocenters. The molecule has 1 aromatic carbocycles. The number of pyridine rings is 1. The van der Waals surface area contributed by atoms with Crippen molar-refractivity contribution in [3.05, 3.63) is 53.0 Å². The first-order valence-electron chi connectivity index (χ1n) is 6.76. The molecule has 0 radical (unpaired) electrons. The zero-order chi connectivity index (χ0) is 14.5. The molecule has 0 saturated heterocycles. The lowest BCUT2D eigenvalue weighted by Crippen LogP contribution is -2.02. The third-order valence-corrected chi connectivity index (χ3v) is 2.96. The summed E-state index contributed by atoms with van der Waals surface area (Å²) in [6.07, 6.45) is 1.83. The molecule has 20 heavy (non-hydrogen) atoms. The van der Waals surface area contributed by atoms with Crippen molar-refractivity contribution >= 4 is 0 Å². The van der Waals surface area contributed by atoms with Gasteiger partial charge in [-0.25, -0.2) is 9.37 Å². The highest BCUT2D eigenvalue weighted by molar-refractivity contribution is 5.34. The first-order valence-corrected chi connectivity index (χ1v) is 6.76. The first kappa shape index (κ1) is 14.5. The van der Waals surface area contributed by atoms with E-state index in [1.54, 1.807) is 18.2 Å². The number of benzene rings is 1. The Morgan fingerprint density at radius 2 is 2.05 bits per heavy atom. The third-order valence-electron chi connectivity index (χ3n) is 2.96. The lowest BCUT2D eigenvalue weighted by atomic mass is 10.1. The second-order valence-electron chi connectivity index (χ2n) is 4.80. The fourth-order valence-electron chi connectivity index (χ4n) is 1.98. The molecular formula is C16H19FN2O. The van der Waals surface area contributed by atoms with Crippen molar-refractivity contribution in [3.8, 4) is 11.6 Å². The topological polar surface area (TPSA) is 48.1 Å². The van der Waals surface area contributed by atoms with Crippen LogP contribution in [0.2, 0.25) is 0 Å². The number of rotatable bonds is 5. The van der Waals surface area contributed by atoms with Crippen LogP contribution in [-0.4, -0.2) is 4.98 Å². The van der Waals surface area contributed by atoms with E-state index in [0.717, 1.165) is 29.7 Å². The Morgan fingerprint density at radius 1 is 1.25 bits per heavy atom. The molecule has 2 N–H and O–H groups in total. The molecule has 4 heteroatoms. The molecule has 2 aromatic rings. The van der Waals surface area contributed by atoms with Gasteiger partial charge in [0.15, 0.2) is 11.6 Å². The molecule has 0 aliphatic rings. The number of hydrogen-bond donors (Lipinski definition) is 1. The quantitative estimate of drug-likeness (QED) is 0.903. The first-order chi connectivity index (χ1) is 9.62. The van der Waals surface area contributed by atoms with Gasteiger partial charge in [0.25, 0.3) is 0 Å². The number of aromatic nitrogens is 1. The molecule has 0 spiro atoms. The maximum atomic E-state index is 13.7. The van der Waals surface area contributed by atoms with Crippen LogP contribution in [0, 0.1) is 12.7 Å². The van der Waals surface area contributed by atoms with Crippen molar-refractivity contribution in [1.29, 1.82) is 0 Å². The smallest absolute Gasteiger partial charge is 0.219 e. The Labute approximate surface area is 118 Å². The molecule has 0 aliphatic carbocycles. The fourth-order valence-corrected chi connectivity index (χ4v) is 1.98. The molecule has 1 aromatic heterocycles. The Bertz CT molecular complexity index is 599. The van der Waals surface area contributed by atoms with Gasteiger partial charge < -0.3 is 10.5 Å². The summed E-state index contributed by atoms with van der Waals surface area (Å²) < 4.78 is 19.3. The van der Waals surface area contributed by atoms with E-state index in [2.05, 4.69) is 11.9 Å². The normalized spacial score (nSPS) is 10.6. The maximum absolute atomic E-state index is 13.7. The van der Waals surface area contributed by atoms with Gasteiger partial charge in [-0.05, 0) is 42.7 Å². The van der Waals surface area contributed by atoms with Crippen molar-refractivity contribution < 1.29 is 9.13 Å². The number of hydrogen-bond acceptors (Lipinski definition) is 3. The molecule has 1 heterocycles. The van der Waals surface area contributed by atoms with Gasteiger partial charge >= 0.3 is 0 Å². The SMILES string of the molecule is CCCc1cc(CN)cc(Oc2cc(C)ccc2F)n1. The van der Waals surface area contributed by atoms with Crippen LogP contribution in [0.3, 0.4) is 0 Å². The summed E-state index contributed by atoms with van der Waals surface area (Å²) in [6, 6.07) is 8.47. The summed E-state index contributed by atoms with van der Waals surface area (Å²) in [5, 5.41) is 0. The van der Waals surface area contributed by atoms with Gasteiger partial charge in [0, 0.05) is 18.3 Å². The molecule has 3 nitrogen and oxygen atoms in total. The van der Waals surface area contributed by atoms with E-state index >= 15 is 0 Å². The fraction of sp³-hybridized carbons (Fsp3) is 0.312. The lowest BCUT2D eigenvalue weighted by Gasteiger charge is -2.10. The monoisotopic (exact) mass is 274 g/mol. The molecule has 0 saturated carbocycles. The highest BCUT2D eigenvalue weighted by atomic mass is 19.1. The number of nitrogens with two attached hydrogens (primary N) is 1. The van der Waals surface area contributed by atoms with Gasteiger partial charge in [-0.15, -0.1) is 0 Å². The highest BCUT2D eigenvalue weighted by Crippen LogP contribution is 2.25. The Morgan fingerprint density at radius 3 is 2.75 bits per heavy atom. The van der Waals surface area contributed by atoms with Crippen LogP contribution in [0.5, 0.6) is 11.6 Å². The zero-order valence-corrected chi connectivity index (χ0v) is 11.8. The summed E-state index contributed by atoms with van der Waals surface area (Å²) >= 11 is 0. The number of aryl methyl sites for hydroxylation is 2. The van der Waals surface area contributed by atoms with Crippen LogP contribution in [0.25, 0.3) is 0 Å². The molecule has 0 fully saturated rings. The summed E-state index contributed by atoms with van der Waals surface area (Å²) in [7, 11) is 0. The van der Waals surface area contributed by atoms with E-state index in [1.807, 2.05) is 13.0 Å². The van der Waals surface area contributed by atoms with E-state index in [4.69, 9.17) is 10.5 Å². The second-order valence-corrected chi connectivity index (χ2v) is 4.80. The molecule has 106 valence electrons. The Kier molecular flexibility index (Phi) is 4.69. The van der Waals surface area contributed by atoms with E-state index < -0.39 is 5.82 Å². The predicted octanol–water partition coefficient (Wildman–Crippen LogP) is 3.73. The number of ether oxygens (including phenoxy) is 1. The van der Waals surface area contributed by atoms with Gasteiger partial charge in [-0.1, -0.05) is 19.4 Å². The standard InChI is InChI=1S/C16H19FN2O/c1-3-4-13-8-12(10-18)9-16(19-13)20-15-7-11(2)5-6-14(15)17/h5-9H,3-4,10,18H2,1-2H3. The van der Waals surface area contributed by atoms with Gasteiger partial charge in [0.05, 0.1) is 0 Å². The average Bonchev–Trinajstić information content (AvgIpc) is 2.43. The van der Waals surface area contributed by atoms with Crippen LogP contribution in [0.15, 0.2) is 30.3 Å². The summed E-state index contributed by atoms with van der Waals surface area (Å²) in [6.45, 7) is 4.38. The molecule has 0 amide bonds. The Balaban J connectivity index is 2.32. The van der Waals surface area contributed by atoms with Crippen molar-refractivity contribution in [1.82, 2.24) is 4.98 Å².